The lowest BCUT2D eigenvalue weighted by molar-refractivity contribution is 0.440. The highest BCUT2D eigenvalue weighted by molar-refractivity contribution is 14.0. The van der Waals surface area contributed by atoms with E-state index in [0.717, 1.165) is 44.4 Å². The Labute approximate surface area is 201 Å². The second-order valence-electron chi connectivity index (χ2n) is 7.61. The number of imidazole rings is 1. The molecule has 0 saturated carbocycles. The van der Waals surface area contributed by atoms with Crippen molar-refractivity contribution in [1.82, 2.24) is 19.8 Å². The fourth-order valence-electron chi connectivity index (χ4n) is 3.89. The van der Waals surface area contributed by atoms with Gasteiger partial charge in [0, 0.05) is 45.6 Å². The number of rotatable bonds is 5. The number of guanidine groups is 1. The van der Waals surface area contributed by atoms with Gasteiger partial charge in [0.25, 0.3) is 0 Å². The van der Waals surface area contributed by atoms with E-state index in [4.69, 9.17) is 0 Å². The molecular formula is C25H30IN5. The van der Waals surface area contributed by atoms with Gasteiger partial charge in [0.1, 0.15) is 5.82 Å². The number of nitrogens with one attached hydrogen (secondary N) is 1. The van der Waals surface area contributed by atoms with Gasteiger partial charge in [-0.1, -0.05) is 60.7 Å². The van der Waals surface area contributed by atoms with Gasteiger partial charge in [-0.15, -0.1) is 24.0 Å². The Bertz CT molecular complexity index is 1040. The van der Waals surface area contributed by atoms with Crippen molar-refractivity contribution in [1.29, 1.82) is 0 Å². The predicted octanol–water partition coefficient (Wildman–Crippen LogP) is 4.72. The maximum absolute atomic E-state index is 4.51. The molecule has 0 aliphatic carbocycles. The lowest BCUT2D eigenvalue weighted by Gasteiger charge is -2.30. The van der Waals surface area contributed by atoms with Crippen molar-refractivity contribution < 1.29 is 0 Å². The number of hydrogen-bond donors (Lipinski definition) is 1. The summed E-state index contributed by atoms with van der Waals surface area (Å²) in [7, 11) is 1.86. The van der Waals surface area contributed by atoms with E-state index >= 15 is 0 Å². The minimum Gasteiger partial charge on any atom is -0.352 e. The van der Waals surface area contributed by atoms with Crippen molar-refractivity contribution in [2.45, 2.75) is 26.4 Å². The Morgan fingerprint density at radius 3 is 2.58 bits per heavy atom. The first-order valence-electron chi connectivity index (χ1n) is 10.5. The van der Waals surface area contributed by atoms with E-state index < -0.39 is 0 Å². The van der Waals surface area contributed by atoms with Gasteiger partial charge in [-0.2, -0.15) is 0 Å². The predicted molar refractivity (Wildman–Crippen MR) is 139 cm³/mol. The average Bonchev–Trinajstić information content (AvgIpc) is 3.20. The highest BCUT2D eigenvalue weighted by atomic mass is 127. The molecule has 1 aliphatic heterocycles. The molecule has 0 unspecified atom stereocenters. The third-order valence-electron chi connectivity index (χ3n) is 5.58. The second-order valence-corrected chi connectivity index (χ2v) is 7.61. The highest BCUT2D eigenvalue weighted by Gasteiger charge is 2.16. The average molecular weight is 527 g/mol. The number of aromatic nitrogens is 2. The van der Waals surface area contributed by atoms with Crippen LogP contribution in [0.4, 0.5) is 0 Å². The molecule has 4 rings (SSSR count). The van der Waals surface area contributed by atoms with E-state index in [9.17, 15) is 0 Å². The Kier molecular flexibility index (Phi) is 8.28. The largest absolute Gasteiger partial charge is 0.352 e. The van der Waals surface area contributed by atoms with Crippen molar-refractivity contribution in [2.75, 3.05) is 20.1 Å². The third-order valence-corrected chi connectivity index (χ3v) is 5.58. The normalized spacial score (nSPS) is 14.1. The molecule has 0 amide bonds. The summed E-state index contributed by atoms with van der Waals surface area (Å²) in [4.78, 5) is 11.1. The van der Waals surface area contributed by atoms with Crippen LogP contribution < -0.4 is 5.32 Å². The topological polar surface area (TPSA) is 45.5 Å². The van der Waals surface area contributed by atoms with Crippen LogP contribution in [0.2, 0.25) is 0 Å². The number of hydrogen-bond acceptors (Lipinski definition) is 2. The summed E-state index contributed by atoms with van der Waals surface area (Å²) in [5.74, 6) is 1.99. The number of halogens is 1. The van der Waals surface area contributed by atoms with Crippen LogP contribution in [0.25, 0.3) is 5.57 Å². The van der Waals surface area contributed by atoms with Crippen LogP contribution in [0, 0.1) is 6.92 Å². The summed E-state index contributed by atoms with van der Waals surface area (Å²) in [5.41, 5.74) is 5.28. The van der Waals surface area contributed by atoms with Crippen LogP contribution in [0.3, 0.4) is 0 Å². The summed E-state index contributed by atoms with van der Waals surface area (Å²) >= 11 is 0. The molecule has 0 bridgehead atoms. The lowest BCUT2D eigenvalue weighted by Crippen LogP contribution is -2.43. The van der Waals surface area contributed by atoms with Crippen molar-refractivity contribution in [2.24, 2.45) is 4.99 Å². The molecule has 0 saturated heterocycles. The first-order chi connectivity index (χ1) is 14.7. The molecule has 1 aliphatic rings. The van der Waals surface area contributed by atoms with Crippen molar-refractivity contribution in [3.05, 3.63) is 95.6 Å². The van der Waals surface area contributed by atoms with Crippen LogP contribution in [0.15, 0.2) is 78.1 Å². The monoisotopic (exact) mass is 527 g/mol. The Hall–Kier alpha value is -2.61. The van der Waals surface area contributed by atoms with Crippen molar-refractivity contribution in [3.8, 4) is 0 Å². The van der Waals surface area contributed by atoms with E-state index in [0.29, 0.717) is 0 Å². The van der Waals surface area contributed by atoms with Gasteiger partial charge in [-0.3, -0.25) is 4.99 Å². The maximum atomic E-state index is 4.51. The van der Waals surface area contributed by atoms with Crippen LogP contribution in [-0.2, 0) is 13.1 Å². The lowest BCUT2D eigenvalue weighted by atomic mass is 10.00. The summed E-state index contributed by atoms with van der Waals surface area (Å²) in [6.07, 6.45) is 7.22. The van der Waals surface area contributed by atoms with Gasteiger partial charge in [-0.25, -0.2) is 4.98 Å². The van der Waals surface area contributed by atoms with Gasteiger partial charge in [-0.05, 0) is 35.6 Å². The molecule has 0 atom stereocenters. The van der Waals surface area contributed by atoms with Crippen LogP contribution in [0.5, 0.6) is 0 Å². The first-order valence-corrected chi connectivity index (χ1v) is 10.5. The molecular weight excluding hydrogens is 497 g/mol. The van der Waals surface area contributed by atoms with E-state index in [1.807, 2.05) is 26.4 Å². The quantitative estimate of drug-likeness (QED) is 0.297. The molecule has 0 fully saturated rings. The SMILES string of the molecule is CN=C(NCc1cccc(Cn2ccnc2C)c1)N1CC=C(c2ccccc2)CC1.I. The maximum Gasteiger partial charge on any atom is 0.194 e. The van der Waals surface area contributed by atoms with Crippen LogP contribution >= 0.6 is 24.0 Å². The van der Waals surface area contributed by atoms with E-state index in [2.05, 4.69) is 85.4 Å². The third kappa shape index (κ3) is 5.97. The molecule has 1 aromatic heterocycles. The molecule has 6 heteroatoms. The second kappa shape index (κ2) is 11.1. The zero-order valence-electron chi connectivity index (χ0n) is 18.2. The molecule has 2 aromatic carbocycles. The summed E-state index contributed by atoms with van der Waals surface area (Å²) in [6.45, 7) is 5.48. The number of aliphatic imine (C=N–C) groups is 1. The van der Waals surface area contributed by atoms with Gasteiger partial charge in [0.05, 0.1) is 0 Å². The summed E-state index contributed by atoms with van der Waals surface area (Å²) in [6, 6.07) is 19.3. The van der Waals surface area contributed by atoms with Crippen LogP contribution in [-0.4, -0.2) is 40.5 Å². The summed E-state index contributed by atoms with van der Waals surface area (Å²) in [5, 5.41) is 3.54. The molecule has 1 N–H and O–H groups in total. The minimum atomic E-state index is 0. The highest BCUT2D eigenvalue weighted by Crippen LogP contribution is 2.22. The standard InChI is InChI=1S/C25H29N5.HI/c1-20-27-13-16-30(20)19-22-8-6-7-21(17-22)18-28-25(26-2)29-14-11-24(12-15-29)23-9-4-3-5-10-23;/h3-11,13,16-17H,12,14-15,18-19H2,1-2H3,(H,26,28);1H. The Morgan fingerprint density at radius 2 is 1.90 bits per heavy atom. The molecule has 0 spiro atoms. The fourth-order valence-corrected chi connectivity index (χ4v) is 3.89. The zero-order chi connectivity index (χ0) is 20.8. The van der Waals surface area contributed by atoms with E-state index in [-0.39, 0.29) is 24.0 Å². The molecule has 162 valence electrons. The smallest absolute Gasteiger partial charge is 0.194 e. The van der Waals surface area contributed by atoms with Crippen molar-refractivity contribution >= 4 is 35.5 Å². The number of nitrogens with zero attached hydrogens (tertiary/aromatic N) is 4. The Morgan fingerprint density at radius 1 is 1.10 bits per heavy atom. The molecule has 0 radical (unpaired) electrons. The first kappa shape index (κ1) is 23.1. The zero-order valence-corrected chi connectivity index (χ0v) is 20.5. The van der Waals surface area contributed by atoms with E-state index in [1.165, 1.54) is 22.3 Å². The number of aryl methyl sites for hydroxylation is 1. The van der Waals surface area contributed by atoms with E-state index in [1.54, 1.807) is 0 Å². The summed E-state index contributed by atoms with van der Waals surface area (Å²) < 4.78 is 2.16. The number of benzene rings is 2. The molecule has 2 heterocycles. The van der Waals surface area contributed by atoms with Crippen LogP contribution in [0.1, 0.15) is 28.9 Å². The minimum absolute atomic E-state index is 0. The van der Waals surface area contributed by atoms with Gasteiger partial charge in [0.15, 0.2) is 5.96 Å². The van der Waals surface area contributed by atoms with Crippen molar-refractivity contribution in [3.63, 3.8) is 0 Å². The van der Waals surface area contributed by atoms with Gasteiger partial charge < -0.3 is 14.8 Å². The van der Waals surface area contributed by atoms with Gasteiger partial charge >= 0.3 is 0 Å². The Balaban J connectivity index is 0.00000272. The molecule has 31 heavy (non-hydrogen) atoms. The molecule has 5 nitrogen and oxygen atoms in total. The van der Waals surface area contributed by atoms with Gasteiger partial charge in [0.2, 0.25) is 0 Å². The molecule has 3 aromatic rings. The fraction of sp³-hybridized carbons (Fsp3) is 0.280.